The van der Waals surface area contributed by atoms with E-state index < -0.39 is 0 Å². The topological polar surface area (TPSA) is 28.1 Å². The molecule has 0 heterocycles. The normalized spacial score (nSPS) is 12.0. The molecule has 0 saturated heterocycles. The van der Waals surface area contributed by atoms with E-state index in [1.807, 2.05) is 24.3 Å². The summed E-state index contributed by atoms with van der Waals surface area (Å²) in [4.78, 5) is 3.87. The third-order valence-electron chi connectivity index (χ3n) is 13.1. The van der Waals surface area contributed by atoms with Gasteiger partial charge < -0.3 is 0 Å². The molecule has 0 spiro atoms. The van der Waals surface area contributed by atoms with Crippen molar-refractivity contribution in [2.24, 2.45) is 0 Å². The second kappa shape index (κ2) is 12.1. The van der Waals surface area contributed by atoms with E-state index in [1.54, 1.807) is 0 Å². The Morgan fingerprint density at radius 2 is 0.900 bits per heavy atom. The van der Waals surface area contributed by atoms with Gasteiger partial charge in [-0.1, -0.05) is 140 Å². The summed E-state index contributed by atoms with van der Waals surface area (Å²) in [5, 5.41) is 22.3. The zero-order valence-corrected chi connectivity index (χ0v) is 32.2. The van der Waals surface area contributed by atoms with E-state index in [9.17, 15) is 5.26 Å². The summed E-state index contributed by atoms with van der Waals surface area (Å²) < 4.78 is 0. The van der Waals surface area contributed by atoms with E-state index in [4.69, 9.17) is 6.57 Å². The van der Waals surface area contributed by atoms with Crippen molar-refractivity contribution in [2.45, 2.75) is 0 Å². The fourth-order valence-electron chi connectivity index (χ4n) is 10.6. The third kappa shape index (κ3) is 4.40. The van der Waals surface area contributed by atoms with Crippen molar-refractivity contribution in [3.63, 3.8) is 0 Å². The maximum Gasteiger partial charge on any atom is 0.187 e. The molecule has 0 amide bonds. The average molecular weight is 755 g/mol. The highest BCUT2D eigenvalue weighted by molar-refractivity contribution is 6.30. The smallest absolute Gasteiger partial charge is 0.187 e. The van der Waals surface area contributed by atoms with Gasteiger partial charge in [-0.25, -0.2) is 4.85 Å². The Kier molecular flexibility index (Phi) is 6.61. The Morgan fingerprint density at radius 1 is 0.350 bits per heavy atom. The molecule has 0 fully saturated rings. The fourth-order valence-corrected chi connectivity index (χ4v) is 10.6. The lowest BCUT2D eigenvalue weighted by molar-refractivity contribution is 1.48. The summed E-state index contributed by atoms with van der Waals surface area (Å²) in [7, 11) is 0. The van der Waals surface area contributed by atoms with Crippen LogP contribution >= 0.6 is 0 Å². The van der Waals surface area contributed by atoms with Crippen LogP contribution in [0.4, 0.5) is 5.69 Å². The van der Waals surface area contributed by atoms with Gasteiger partial charge in [-0.2, -0.15) is 5.26 Å². The van der Waals surface area contributed by atoms with Crippen molar-refractivity contribution in [1.29, 1.82) is 5.26 Å². The van der Waals surface area contributed by atoms with Crippen LogP contribution in [0, 0.1) is 17.9 Å². The fraction of sp³-hybridized carbons (Fsp3) is 0. The van der Waals surface area contributed by atoms with E-state index in [1.165, 1.54) is 76.8 Å². The molecule has 0 atom stereocenters. The number of hydrogen-bond donors (Lipinski definition) is 0. The van der Waals surface area contributed by atoms with Crippen LogP contribution in [0.5, 0.6) is 0 Å². The minimum atomic E-state index is 0.622. The highest BCUT2D eigenvalue weighted by Crippen LogP contribution is 2.56. The zero-order chi connectivity index (χ0) is 39.6. The van der Waals surface area contributed by atoms with Crippen molar-refractivity contribution in [3.05, 3.63) is 199 Å². The number of rotatable bonds is 3. The Hall–Kier alpha value is -8.30. The van der Waals surface area contributed by atoms with E-state index in [-0.39, 0.29) is 0 Å². The van der Waals surface area contributed by atoms with Gasteiger partial charge in [0.05, 0.1) is 18.2 Å². The SMILES string of the molecule is [C-]#[N+]c1cccc(-c2c3c(cc4c2ccc2c5cc6c(cc5c(-c5cc(C#N)ccc5-c5ccccc5)cc42)-c2cccc4cccc-6c24)-c2cccc4cccc-3c24)c1. The highest BCUT2D eigenvalue weighted by Gasteiger charge is 2.29. The molecule has 0 bridgehead atoms. The van der Waals surface area contributed by atoms with Crippen LogP contribution in [-0.4, -0.2) is 0 Å². The first-order chi connectivity index (χ1) is 29.7. The molecule has 0 unspecified atom stereocenters. The molecule has 2 nitrogen and oxygen atoms in total. The summed E-state index contributed by atoms with van der Waals surface area (Å²) in [5.74, 6) is 0. The molecule has 2 aliphatic carbocycles. The third-order valence-corrected chi connectivity index (χ3v) is 13.1. The summed E-state index contributed by atoms with van der Waals surface area (Å²) in [5.41, 5.74) is 17.6. The number of nitrogens with zero attached hydrogens (tertiary/aromatic N) is 2. The Bertz CT molecular complexity index is 3830. The van der Waals surface area contributed by atoms with E-state index in [0.717, 1.165) is 54.9 Å². The second-order valence-corrected chi connectivity index (χ2v) is 16.1. The summed E-state index contributed by atoms with van der Waals surface area (Å²) >= 11 is 0. The molecule has 11 aromatic rings. The monoisotopic (exact) mass is 754 g/mol. The molecule has 11 aromatic carbocycles. The first kappa shape index (κ1) is 32.8. The standard InChI is InChI=1S/C58H30N2/c1-60-38-17-5-16-37(27-38)57-44-25-24-40-47(51(44)31-54-43-20-8-14-36-15-9-21-45(56(36)43)58(54)57)29-52(46-26-33(32-59)22-23-39(46)34-10-3-2-4-11-34)53-30-50-42-19-7-13-35-12-6-18-41(55(35)42)49(50)28-48(40)53/h2-31H. The summed E-state index contributed by atoms with van der Waals surface area (Å²) in [6.07, 6.45) is 0. The van der Waals surface area contributed by atoms with E-state index >= 15 is 0 Å². The maximum atomic E-state index is 10.3. The molecular formula is C58H30N2. The van der Waals surface area contributed by atoms with Gasteiger partial charge in [0.1, 0.15) is 0 Å². The lowest BCUT2D eigenvalue weighted by Crippen LogP contribution is -1.93. The van der Waals surface area contributed by atoms with Gasteiger partial charge >= 0.3 is 0 Å². The van der Waals surface area contributed by atoms with Gasteiger partial charge in [0, 0.05) is 0 Å². The van der Waals surface area contributed by atoms with E-state index in [0.29, 0.717) is 11.3 Å². The van der Waals surface area contributed by atoms with Crippen LogP contribution in [0.2, 0.25) is 0 Å². The number of nitriles is 1. The lowest BCUT2D eigenvalue weighted by atomic mass is 9.83. The van der Waals surface area contributed by atoms with Gasteiger partial charge in [-0.05, 0) is 174 Å². The molecule has 272 valence electrons. The maximum absolute atomic E-state index is 10.3. The van der Waals surface area contributed by atoms with Crippen molar-refractivity contribution in [2.75, 3.05) is 0 Å². The molecule has 13 rings (SSSR count). The Morgan fingerprint density at radius 3 is 1.62 bits per heavy atom. The first-order valence-electron chi connectivity index (χ1n) is 20.3. The van der Waals surface area contributed by atoms with Crippen LogP contribution < -0.4 is 0 Å². The molecule has 60 heavy (non-hydrogen) atoms. The molecular weight excluding hydrogens is 725 g/mol. The largest absolute Gasteiger partial charge is 0.238 e. The average Bonchev–Trinajstić information content (AvgIpc) is 3.81. The molecule has 0 aliphatic heterocycles. The molecule has 0 radical (unpaired) electrons. The molecule has 2 heteroatoms. The molecule has 2 aliphatic rings. The van der Waals surface area contributed by atoms with Crippen LogP contribution in [0.15, 0.2) is 182 Å². The van der Waals surface area contributed by atoms with Crippen molar-refractivity contribution < 1.29 is 0 Å². The van der Waals surface area contributed by atoms with Gasteiger partial charge in [-0.15, -0.1) is 0 Å². The molecule has 0 N–H and O–H groups in total. The molecule has 0 saturated carbocycles. The van der Waals surface area contributed by atoms with Gasteiger partial charge in [0.15, 0.2) is 5.69 Å². The van der Waals surface area contributed by atoms with Gasteiger partial charge in [-0.3, -0.25) is 0 Å². The van der Waals surface area contributed by atoms with Crippen LogP contribution in [0.25, 0.3) is 137 Å². The minimum Gasteiger partial charge on any atom is -0.238 e. The summed E-state index contributed by atoms with van der Waals surface area (Å²) in [6.45, 7) is 7.95. The lowest BCUT2D eigenvalue weighted by Gasteiger charge is -2.20. The predicted octanol–water partition coefficient (Wildman–Crippen LogP) is 16.2. The Labute approximate surface area is 346 Å². The van der Waals surface area contributed by atoms with Crippen LogP contribution in [-0.2, 0) is 0 Å². The zero-order valence-electron chi connectivity index (χ0n) is 32.2. The molecule has 0 aromatic heterocycles. The van der Waals surface area contributed by atoms with Gasteiger partial charge in [0.25, 0.3) is 0 Å². The number of benzene rings is 11. The van der Waals surface area contributed by atoms with E-state index in [2.05, 4.69) is 169 Å². The van der Waals surface area contributed by atoms with Crippen LogP contribution in [0.1, 0.15) is 5.56 Å². The van der Waals surface area contributed by atoms with Crippen LogP contribution in [0.3, 0.4) is 0 Å². The number of hydrogen-bond acceptors (Lipinski definition) is 1. The van der Waals surface area contributed by atoms with Crippen molar-refractivity contribution in [3.8, 4) is 84.0 Å². The quantitative estimate of drug-likeness (QED) is 0.130. The van der Waals surface area contributed by atoms with Gasteiger partial charge in [0.2, 0.25) is 0 Å². The second-order valence-electron chi connectivity index (χ2n) is 16.1. The van der Waals surface area contributed by atoms with Crippen molar-refractivity contribution in [1.82, 2.24) is 0 Å². The number of fused-ring (bicyclic) bond motifs is 11. The predicted molar refractivity (Wildman–Crippen MR) is 250 cm³/mol. The Balaban J connectivity index is 1.22. The highest BCUT2D eigenvalue weighted by atomic mass is 14.6. The summed E-state index contributed by atoms with van der Waals surface area (Å²) in [6, 6.07) is 68.0. The van der Waals surface area contributed by atoms with Crippen molar-refractivity contribution >= 4 is 59.5 Å². The first-order valence-corrected chi connectivity index (χ1v) is 20.3. The minimum absolute atomic E-state index is 0.622.